The molecule has 2 N–H and O–H groups in total. The predicted molar refractivity (Wildman–Crippen MR) is 97.0 cm³/mol. The molecule has 0 spiro atoms. The zero-order valence-electron chi connectivity index (χ0n) is 14.3. The molecule has 3 rings (SSSR count). The quantitative estimate of drug-likeness (QED) is 0.765. The second kappa shape index (κ2) is 6.21. The van der Waals surface area contributed by atoms with Crippen molar-refractivity contribution >= 4 is 10.9 Å². The zero-order valence-corrected chi connectivity index (χ0v) is 14.3. The lowest BCUT2D eigenvalue weighted by Gasteiger charge is -2.25. The third-order valence-corrected chi connectivity index (χ3v) is 4.73. The van der Waals surface area contributed by atoms with Crippen molar-refractivity contribution < 1.29 is 5.11 Å². The molecule has 0 fully saturated rings. The number of rotatable bonds is 4. The van der Waals surface area contributed by atoms with E-state index in [0.29, 0.717) is 29.6 Å². The minimum absolute atomic E-state index is 0.138. The fourth-order valence-electron chi connectivity index (χ4n) is 2.99. The molecule has 1 heterocycles. The van der Waals surface area contributed by atoms with Crippen LogP contribution in [0, 0.1) is 6.92 Å². The molecule has 0 aliphatic rings. The lowest BCUT2D eigenvalue weighted by atomic mass is 9.88. The molecule has 4 heteroatoms. The van der Waals surface area contributed by atoms with Crippen molar-refractivity contribution in [2.45, 2.75) is 39.2 Å². The monoisotopic (exact) mass is 322 g/mol. The number of hydrogen-bond donors (Lipinski definition) is 2. The van der Waals surface area contributed by atoms with E-state index in [1.807, 2.05) is 63.2 Å². The van der Waals surface area contributed by atoms with Gasteiger partial charge in [0.15, 0.2) is 0 Å². The van der Waals surface area contributed by atoms with Gasteiger partial charge < -0.3 is 10.1 Å². The average Bonchev–Trinajstić information content (AvgIpc) is 2.61. The number of fused-ring (bicyclic) bond motifs is 1. The highest BCUT2D eigenvalue weighted by Gasteiger charge is 2.24. The molecule has 4 nitrogen and oxygen atoms in total. The summed E-state index contributed by atoms with van der Waals surface area (Å²) in [5, 5.41) is 11.2. The largest absolute Gasteiger partial charge is 0.385 e. The van der Waals surface area contributed by atoms with Crippen LogP contribution in [0.2, 0.25) is 0 Å². The van der Waals surface area contributed by atoms with Gasteiger partial charge in [0.25, 0.3) is 5.56 Å². The molecule has 0 amide bonds. The third kappa shape index (κ3) is 2.85. The summed E-state index contributed by atoms with van der Waals surface area (Å²) in [6, 6.07) is 13.3. The number of hydrogen-bond acceptors (Lipinski definition) is 3. The molecule has 2 aromatic carbocycles. The Balaban J connectivity index is 2.05. The Morgan fingerprint density at radius 2 is 1.75 bits per heavy atom. The lowest BCUT2D eigenvalue weighted by Crippen LogP contribution is -2.23. The first-order chi connectivity index (χ1) is 11.5. The SMILES string of the molecule is CCC(O)(CC)c1ccc(-c2nc3ccc(C)cc3c(=O)[nH]2)cc1. The van der Waals surface area contributed by atoms with Crippen LogP contribution < -0.4 is 5.56 Å². The van der Waals surface area contributed by atoms with Crippen molar-refractivity contribution in [2.24, 2.45) is 0 Å². The van der Waals surface area contributed by atoms with Crippen LogP contribution in [0.1, 0.15) is 37.8 Å². The molecule has 3 aromatic rings. The Morgan fingerprint density at radius 1 is 1.08 bits per heavy atom. The number of aromatic nitrogens is 2. The van der Waals surface area contributed by atoms with Gasteiger partial charge in [-0.25, -0.2) is 4.98 Å². The van der Waals surface area contributed by atoms with Crippen molar-refractivity contribution in [2.75, 3.05) is 0 Å². The molecule has 0 saturated heterocycles. The average molecular weight is 322 g/mol. The van der Waals surface area contributed by atoms with E-state index in [9.17, 15) is 9.90 Å². The van der Waals surface area contributed by atoms with E-state index < -0.39 is 5.60 Å². The van der Waals surface area contributed by atoms with Gasteiger partial charge in [0.05, 0.1) is 16.5 Å². The molecular formula is C20H22N2O2. The van der Waals surface area contributed by atoms with Crippen molar-refractivity contribution in [1.29, 1.82) is 0 Å². The molecule has 0 bridgehead atoms. The topological polar surface area (TPSA) is 66.0 Å². The minimum atomic E-state index is -0.805. The number of nitrogens with one attached hydrogen (secondary N) is 1. The highest BCUT2D eigenvalue weighted by molar-refractivity contribution is 5.80. The van der Waals surface area contributed by atoms with Crippen LogP contribution in [0.4, 0.5) is 0 Å². The van der Waals surface area contributed by atoms with Crippen molar-refractivity contribution in [3.05, 3.63) is 63.9 Å². The molecule has 0 saturated carbocycles. The number of aryl methyl sites for hydroxylation is 1. The fourth-order valence-corrected chi connectivity index (χ4v) is 2.99. The molecule has 0 aliphatic carbocycles. The van der Waals surface area contributed by atoms with Gasteiger partial charge in [0.2, 0.25) is 0 Å². The van der Waals surface area contributed by atoms with Gasteiger partial charge in [-0.2, -0.15) is 0 Å². The molecule has 124 valence electrons. The van der Waals surface area contributed by atoms with Crippen molar-refractivity contribution in [3.8, 4) is 11.4 Å². The summed E-state index contributed by atoms with van der Waals surface area (Å²) in [5.41, 5.74) is 2.48. The third-order valence-electron chi connectivity index (χ3n) is 4.73. The number of benzene rings is 2. The second-order valence-corrected chi connectivity index (χ2v) is 6.25. The summed E-state index contributed by atoms with van der Waals surface area (Å²) >= 11 is 0. The summed E-state index contributed by atoms with van der Waals surface area (Å²) in [7, 11) is 0. The molecule has 1 aromatic heterocycles. The highest BCUT2D eigenvalue weighted by atomic mass is 16.3. The first-order valence-corrected chi connectivity index (χ1v) is 8.31. The summed E-state index contributed by atoms with van der Waals surface area (Å²) in [5.74, 6) is 0.541. The van der Waals surface area contributed by atoms with E-state index in [2.05, 4.69) is 9.97 Å². The number of aliphatic hydroxyl groups is 1. The van der Waals surface area contributed by atoms with E-state index in [-0.39, 0.29) is 5.56 Å². The van der Waals surface area contributed by atoms with Crippen LogP contribution in [0.25, 0.3) is 22.3 Å². The van der Waals surface area contributed by atoms with Crippen LogP contribution in [0.15, 0.2) is 47.3 Å². The molecular weight excluding hydrogens is 300 g/mol. The summed E-state index contributed by atoms with van der Waals surface area (Å²) in [4.78, 5) is 19.7. The normalized spacial score (nSPS) is 11.8. The fraction of sp³-hybridized carbons (Fsp3) is 0.300. The van der Waals surface area contributed by atoms with Gasteiger partial charge in [0, 0.05) is 5.56 Å². The van der Waals surface area contributed by atoms with Crippen LogP contribution in [0.3, 0.4) is 0 Å². The van der Waals surface area contributed by atoms with Gasteiger partial charge in [-0.3, -0.25) is 4.79 Å². The maximum atomic E-state index is 12.3. The van der Waals surface area contributed by atoms with Crippen molar-refractivity contribution in [3.63, 3.8) is 0 Å². The Labute approximate surface area is 141 Å². The molecule has 0 unspecified atom stereocenters. The minimum Gasteiger partial charge on any atom is -0.385 e. The molecule has 24 heavy (non-hydrogen) atoms. The van der Waals surface area contributed by atoms with Gasteiger partial charge in [-0.05, 0) is 37.5 Å². The van der Waals surface area contributed by atoms with Crippen LogP contribution in [0.5, 0.6) is 0 Å². The van der Waals surface area contributed by atoms with Gasteiger partial charge in [-0.1, -0.05) is 49.7 Å². The lowest BCUT2D eigenvalue weighted by molar-refractivity contribution is 0.0284. The van der Waals surface area contributed by atoms with E-state index >= 15 is 0 Å². The Kier molecular flexibility index (Phi) is 4.24. The van der Waals surface area contributed by atoms with Crippen LogP contribution in [-0.4, -0.2) is 15.1 Å². The second-order valence-electron chi connectivity index (χ2n) is 6.25. The predicted octanol–water partition coefficient (Wildman–Crippen LogP) is 3.91. The molecule has 0 radical (unpaired) electrons. The Hall–Kier alpha value is -2.46. The summed E-state index contributed by atoms with van der Waals surface area (Å²) < 4.78 is 0. The van der Waals surface area contributed by atoms with E-state index in [1.165, 1.54) is 0 Å². The van der Waals surface area contributed by atoms with E-state index in [4.69, 9.17) is 0 Å². The Bertz CT molecular complexity index is 923. The first kappa shape index (κ1) is 16.4. The van der Waals surface area contributed by atoms with Crippen LogP contribution >= 0.6 is 0 Å². The van der Waals surface area contributed by atoms with Crippen LogP contribution in [-0.2, 0) is 5.60 Å². The van der Waals surface area contributed by atoms with E-state index in [0.717, 1.165) is 16.7 Å². The number of nitrogens with zero attached hydrogens (tertiary/aromatic N) is 1. The maximum absolute atomic E-state index is 12.3. The molecule has 0 atom stereocenters. The van der Waals surface area contributed by atoms with E-state index in [1.54, 1.807) is 0 Å². The summed E-state index contributed by atoms with van der Waals surface area (Å²) in [6.07, 6.45) is 1.32. The maximum Gasteiger partial charge on any atom is 0.259 e. The summed E-state index contributed by atoms with van der Waals surface area (Å²) in [6.45, 7) is 5.90. The van der Waals surface area contributed by atoms with Gasteiger partial charge in [0.1, 0.15) is 5.82 Å². The van der Waals surface area contributed by atoms with Crippen molar-refractivity contribution in [1.82, 2.24) is 9.97 Å². The number of H-pyrrole nitrogens is 1. The smallest absolute Gasteiger partial charge is 0.259 e. The molecule has 0 aliphatic heterocycles. The highest BCUT2D eigenvalue weighted by Crippen LogP contribution is 2.29. The van der Waals surface area contributed by atoms with Gasteiger partial charge in [-0.15, -0.1) is 0 Å². The number of aromatic amines is 1. The Morgan fingerprint density at radius 3 is 2.38 bits per heavy atom. The standard InChI is InChI=1S/C20H22N2O2/c1-4-20(24,5-2)15-9-7-14(8-10-15)18-21-17-11-6-13(3)12-16(17)19(23)22-18/h6-12,24H,4-5H2,1-3H3,(H,21,22,23). The first-order valence-electron chi connectivity index (χ1n) is 8.31. The van der Waals surface area contributed by atoms with Gasteiger partial charge >= 0.3 is 0 Å². The zero-order chi connectivity index (χ0) is 17.3.